The zero-order valence-electron chi connectivity index (χ0n) is 24.6. The van der Waals surface area contributed by atoms with Gasteiger partial charge in [0.25, 0.3) is 5.69 Å². The predicted octanol–water partition coefficient (Wildman–Crippen LogP) is 6.88. The molecule has 38 heavy (non-hydrogen) atoms. The lowest BCUT2D eigenvalue weighted by atomic mass is 10.2. The summed E-state index contributed by atoms with van der Waals surface area (Å²) < 4.78 is 43.2. The molecule has 3 atom stereocenters. The number of nitro groups is 1. The second kappa shape index (κ2) is 11.5. The Balaban J connectivity index is 2.59. The molecule has 214 valence electrons. The summed E-state index contributed by atoms with van der Waals surface area (Å²) in [6, 6.07) is 4.42. The van der Waals surface area contributed by atoms with Crippen LogP contribution >= 0.6 is 0 Å². The molecule has 1 aromatic carbocycles. The third-order valence-corrected chi connectivity index (χ3v) is 19.0. The van der Waals surface area contributed by atoms with Crippen molar-refractivity contribution in [2.45, 2.75) is 107 Å². The zero-order valence-corrected chi connectivity index (χ0v) is 27.5. The van der Waals surface area contributed by atoms with Crippen molar-refractivity contribution in [2.75, 3.05) is 6.54 Å². The van der Waals surface area contributed by atoms with Gasteiger partial charge in [0.2, 0.25) is 10.0 Å². The van der Waals surface area contributed by atoms with E-state index in [4.69, 9.17) is 8.85 Å². The summed E-state index contributed by atoms with van der Waals surface area (Å²) in [5.41, 5.74) is -0.163. The first-order valence-corrected chi connectivity index (χ1v) is 20.3. The lowest BCUT2D eigenvalue weighted by Gasteiger charge is -2.45. The monoisotopic (exact) mass is 582 g/mol. The highest BCUT2D eigenvalue weighted by atomic mass is 32.2. The molecule has 0 amide bonds. The van der Waals surface area contributed by atoms with Crippen LogP contribution in [0.3, 0.4) is 0 Å². The Morgan fingerprint density at radius 3 is 1.92 bits per heavy atom. The van der Waals surface area contributed by atoms with Gasteiger partial charge in [0, 0.05) is 18.7 Å². The number of sulfonamides is 1. The van der Waals surface area contributed by atoms with Crippen molar-refractivity contribution < 1.29 is 22.2 Å². The molecule has 0 heterocycles. The van der Waals surface area contributed by atoms with Crippen LogP contribution in [-0.2, 0) is 18.9 Å². The number of hydrogen-bond acceptors (Lipinski definition) is 6. The van der Waals surface area contributed by atoms with Crippen molar-refractivity contribution in [1.82, 2.24) is 4.31 Å². The Bertz CT molecular complexity index is 1140. The molecule has 8 nitrogen and oxygen atoms in total. The summed E-state index contributed by atoms with van der Waals surface area (Å²) in [6.45, 7) is 25.7. The van der Waals surface area contributed by atoms with Gasteiger partial charge in [-0.05, 0) is 54.8 Å². The van der Waals surface area contributed by atoms with Gasteiger partial charge in [0.1, 0.15) is 0 Å². The molecule has 0 aromatic heterocycles. The number of benzene rings is 1. The first kappa shape index (κ1) is 32.6. The van der Waals surface area contributed by atoms with Gasteiger partial charge in [-0.1, -0.05) is 59.8 Å². The first-order valence-electron chi connectivity index (χ1n) is 13.1. The molecule has 1 aromatic rings. The van der Waals surface area contributed by atoms with E-state index in [1.54, 1.807) is 6.08 Å². The number of hydrogen-bond donors (Lipinski definition) is 0. The summed E-state index contributed by atoms with van der Waals surface area (Å²) in [6.07, 6.45) is 5.05. The van der Waals surface area contributed by atoms with Gasteiger partial charge in [-0.25, -0.2) is 8.42 Å². The Kier molecular flexibility index (Phi) is 9.82. The average molecular weight is 583 g/mol. The van der Waals surface area contributed by atoms with Crippen molar-refractivity contribution in [3.8, 4) is 0 Å². The minimum absolute atomic E-state index is 0.000374. The quantitative estimate of drug-likeness (QED) is 0.122. The maximum absolute atomic E-state index is 14.0. The molecule has 0 unspecified atom stereocenters. The topological polar surface area (TPSA) is 99.0 Å². The first-order chi connectivity index (χ1) is 17.2. The lowest BCUT2D eigenvalue weighted by Crippen LogP contribution is -2.56. The minimum Gasteiger partial charge on any atom is -0.409 e. The van der Waals surface area contributed by atoms with Crippen molar-refractivity contribution in [3.63, 3.8) is 0 Å². The fourth-order valence-electron chi connectivity index (χ4n) is 3.70. The molecular formula is C27H46N2O6SSi2. The average Bonchev–Trinajstić information content (AvgIpc) is 3.13. The van der Waals surface area contributed by atoms with E-state index < -0.39 is 49.8 Å². The molecular weight excluding hydrogens is 537 g/mol. The Morgan fingerprint density at radius 1 is 0.974 bits per heavy atom. The van der Waals surface area contributed by atoms with Crippen LogP contribution < -0.4 is 0 Å². The van der Waals surface area contributed by atoms with Gasteiger partial charge in [-0.2, -0.15) is 4.31 Å². The highest BCUT2D eigenvalue weighted by molar-refractivity contribution is 7.89. The van der Waals surface area contributed by atoms with Crippen LogP contribution in [0, 0.1) is 10.1 Å². The van der Waals surface area contributed by atoms with Crippen molar-refractivity contribution in [1.29, 1.82) is 0 Å². The number of nitrogens with zero attached hydrogens (tertiary/aromatic N) is 2. The van der Waals surface area contributed by atoms with Gasteiger partial charge < -0.3 is 8.85 Å². The Morgan fingerprint density at radius 2 is 1.47 bits per heavy atom. The number of nitro benzene ring substituents is 1. The minimum atomic E-state index is -4.02. The maximum Gasteiger partial charge on any atom is 0.269 e. The van der Waals surface area contributed by atoms with E-state index in [1.165, 1.54) is 28.6 Å². The van der Waals surface area contributed by atoms with Crippen LogP contribution in [0.2, 0.25) is 36.3 Å². The fraction of sp³-hybridized carbons (Fsp3) is 0.630. The summed E-state index contributed by atoms with van der Waals surface area (Å²) >= 11 is 0. The predicted molar refractivity (Wildman–Crippen MR) is 159 cm³/mol. The van der Waals surface area contributed by atoms with Gasteiger partial charge >= 0.3 is 0 Å². The SMILES string of the molecule is C=CCCN([C@@H]1C=C[C@@H](O[Si](C)(C)C(C)(C)C)[C@H]1O[Si](C)(C)C(C)(C)C)S(=O)(=O)c1ccc([N+](=O)[O-])cc1. The van der Waals surface area contributed by atoms with Crippen molar-refractivity contribution in [3.05, 3.63) is 59.2 Å². The Hall–Kier alpha value is -1.64. The van der Waals surface area contributed by atoms with E-state index in [9.17, 15) is 18.5 Å². The summed E-state index contributed by atoms with van der Waals surface area (Å²) in [7, 11) is -8.56. The molecule has 11 heteroatoms. The molecule has 1 aliphatic carbocycles. The zero-order chi connectivity index (χ0) is 29.3. The van der Waals surface area contributed by atoms with E-state index in [-0.39, 0.29) is 27.2 Å². The third kappa shape index (κ3) is 7.11. The van der Waals surface area contributed by atoms with E-state index in [0.29, 0.717) is 6.42 Å². The molecule has 0 radical (unpaired) electrons. The second-order valence-electron chi connectivity index (χ2n) is 13.0. The van der Waals surface area contributed by atoms with E-state index in [2.05, 4.69) is 74.3 Å². The molecule has 0 spiro atoms. The normalized spacial score (nSPS) is 21.2. The van der Waals surface area contributed by atoms with Crippen LogP contribution in [0.5, 0.6) is 0 Å². The third-order valence-electron chi connectivity index (χ3n) is 8.17. The molecule has 0 bridgehead atoms. The highest BCUT2D eigenvalue weighted by Gasteiger charge is 2.50. The van der Waals surface area contributed by atoms with E-state index in [1.807, 2.05) is 12.2 Å². The lowest BCUT2D eigenvalue weighted by molar-refractivity contribution is -0.384. The van der Waals surface area contributed by atoms with Crippen LogP contribution in [0.25, 0.3) is 0 Å². The molecule has 2 rings (SSSR count). The second-order valence-corrected chi connectivity index (χ2v) is 24.4. The summed E-state index contributed by atoms with van der Waals surface area (Å²) in [4.78, 5) is 10.6. The molecule has 0 saturated carbocycles. The van der Waals surface area contributed by atoms with Crippen LogP contribution in [-0.4, -0.2) is 59.1 Å². The highest BCUT2D eigenvalue weighted by Crippen LogP contribution is 2.43. The van der Waals surface area contributed by atoms with E-state index >= 15 is 0 Å². The fourth-order valence-corrected chi connectivity index (χ4v) is 7.86. The summed E-state index contributed by atoms with van der Waals surface area (Å²) in [5, 5.41) is 11.0. The smallest absolute Gasteiger partial charge is 0.269 e. The molecule has 1 aliphatic rings. The van der Waals surface area contributed by atoms with Gasteiger partial charge in [-0.15, -0.1) is 6.58 Å². The summed E-state index contributed by atoms with van der Waals surface area (Å²) in [5.74, 6) is 0. The van der Waals surface area contributed by atoms with Crippen LogP contribution in [0.4, 0.5) is 5.69 Å². The maximum atomic E-state index is 14.0. The van der Waals surface area contributed by atoms with Gasteiger partial charge in [-0.3, -0.25) is 10.1 Å². The molecule has 0 aliphatic heterocycles. The molecule has 0 fully saturated rings. The standard InChI is InChI=1S/C27H46N2O6SSi2/c1-12-13-20-28(36(32,33)22-16-14-21(15-17-22)29(30)31)23-18-19-24(34-37(8,9)26(2,3)4)25(23)35-38(10,11)27(5,6)7/h12,14-19,23-25H,1,13,20H2,2-11H3/t23-,24-,25+/m1/s1. The number of rotatable bonds is 11. The van der Waals surface area contributed by atoms with Gasteiger partial charge in [0.15, 0.2) is 16.6 Å². The van der Waals surface area contributed by atoms with E-state index in [0.717, 1.165) is 0 Å². The molecule has 0 N–H and O–H groups in total. The van der Waals surface area contributed by atoms with Crippen LogP contribution in [0.1, 0.15) is 48.0 Å². The van der Waals surface area contributed by atoms with Crippen molar-refractivity contribution >= 4 is 32.3 Å². The van der Waals surface area contributed by atoms with Crippen LogP contribution in [0.15, 0.2) is 54.0 Å². The van der Waals surface area contributed by atoms with Gasteiger partial charge in [0.05, 0.1) is 28.1 Å². The molecule has 0 saturated heterocycles. The number of non-ortho nitro benzene ring substituents is 1. The van der Waals surface area contributed by atoms with Crippen molar-refractivity contribution in [2.24, 2.45) is 0 Å². The largest absolute Gasteiger partial charge is 0.409 e. The Labute approximate surface area is 231 Å².